The third kappa shape index (κ3) is 2.60. The predicted molar refractivity (Wildman–Crippen MR) is 87.0 cm³/mol. The molecule has 2 aliphatic rings. The molecule has 0 aromatic carbocycles. The van der Waals surface area contributed by atoms with Crippen molar-refractivity contribution in [2.45, 2.75) is 26.0 Å². The molecule has 2 saturated heterocycles. The van der Waals surface area contributed by atoms with Gasteiger partial charge in [-0.25, -0.2) is 4.68 Å². The number of fused-ring (bicyclic) bond motifs is 1. The molecule has 122 valence electrons. The maximum absolute atomic E-state index is 5.89. The number of aromatic nitrogens is 4. The fourth-order valence-electron chi connectivity index (χ4n) is 3.51. The number of morpholine rings is 1. The highest BCUT2D eigenvalue weighted by molar-refractivity contribution is 5.42. The van der Waals surface area contributed by atoms with E-state index in [4.69, 9.17) is 4.74 Å². The standard InChI is InChI=1S/C16H22N6O/c1-11-8-12(2)22(19-11)16-5-4-15(17-18-16)21-9-13-14(10-21)23-7-6-20(13)3/h4-5,8,13-14H,6-7,9-10H2,1-3H3. The van der Waals surface area contributed by atoms with Crippen LogP contribution in [-0.2, 0) is 4.74 Å². The molecule has 2 aromatic rings. The van der Waals surface area contributed by atoms with Gasteiger partial charge in [-0.05, 0) is 39.1 Å². The predicted octanol–water partition coefficient (Wildman–Crippen LogP) is 0.798. The zero-order valence-corrected chi connectivity index (χ0v) is 13.8. The van der Waals surface area contributed by atoms with E-state index in [0.29, 0.717) is 6.04 Å². The van der Waals surface area contributed by atoms with Gasteiger partial charge in [-0.1, -0.05) is 0 Å². The Balaban J connectivity index is 1.54. The van der Waals surface area contributed by atoms with E-state index in [0.717, 1.165) is 49.3 Å². The van der Waals surface area contributed by atoms with Crippen molar-refractivity contribution in [3.05, 3.63) is 29.6 Å². The average molecular weight is 314 g/mol. The number of hydrogen-bond acceptors (Lipinski definition) is 6. The Morgan fingerprint density at radius 3 is 2.57 bits per heavy atom. The number of hydrogen-bond donors (Lipinski definition) is 0. The molecule has 7 heteroatoms. The van der Waals surface area contributed by atoms with Gasteiger partial charge in [-0.15, -0.1) is 10.2 Å². The molecule has 7 nitrogen and oxygen atoms in total. The topological polar surface area (TPSA) is 59.3 Å². The smallest absolute Gasteiger partial charge is 0.176 e. The Morgan fingerprint density at radius 2 is 1.91 bits per heavy atom. The molecule has 4 rings (SSSR count). The van der Waals surface area contributed by atoms with E-state index in [2.05, 4.69) is 32.1 Å². The second-order valence-electron chi connectivity index (χ2n) is 6.45. The molecule has 0 radical (unpaired) electrons. The summed E-state index contributed by atoms with van der Waals surface area (Å²) in [5.74, 6) is 1.66. The maximum Gasteiger partial charge on any atom is 0.176 e. The molecule has 2 atom stereocenters. The van der Waals surface area contributed by atoms with E-state index in [1.807, 2.05) is 36.7 Å². The first-order valence-corrected chi connectivity index (χ1v) is 8.06. The van der Waals surface area contributed by atoms with Crippen LogP contribution in [0.25, 0.3) is 5.82 Å². The number of nitrogens with zero attached hydrogens (tertiary/aromatic N) is 6. The Labute approximate surface area is 135 Å². The largest absolute Gasteiger partial charge is 0.373 e. The lowest BCUT2D eigenvalue weighted by Gasteiger charge is -2.33. The summed E-state index contributed by atoms with van der Waals surface area (Å²) in [6.07, 6.45) is 0.270. The molecular weight excluding hydrogens is 292 g/mol. The van der Waals surface area contributed by atoms with Crippen LogP contribution in [0.2, 0.25) is 0 Å². The Kier molecular flexibility index (Phi) is 3.54. The molecule has 0 aliphatic carbocycles. The van der Waals surface area contributed by atoms with Crippen LogP contribution < -0.4 is 4.90 Å². The molecule has 0 amide bonds. The van der Waals surface area contributed by atoms with Crippen molar-refractivity contribution in [2.24, 2.45) is 0 Å². The van der Waals surface area contributed by atoms with Crippen LogP contribution >= 0.6 is 0 Å². The zero-order chi connectivity index (χ0) is 16.0. The van der Waals surface area contributed by atoms with Crippen LogP contribution in [0, 0.1) is 13.8 Å². The van der Waals surface area contributed by atoms with Gasteiger partial charge in [-0.3, -0.25) is 4.90 Å². The fourth-order valence-corrected chi connectivity index (χ4v) is 3.51. The third-order valence-corrected chi connectivity index (χ3v) is 4.77. The molecule has 23 heavy (non-hydrogen) atoms. The van der Waals surface area contributed by atoms with Gasteiger partial charge >= 0.3 is 0 Å². The minimum Gasteiger partial charge on any atom is -0.373 e. The van der Waals surface area contributed by atoms with E-state index in [1.54, 1.807) is 0 Å². The van der Waals surface area contributed by atoms with E-state index >= 15 is 0 Å². The normalized spacial score (nSPS) is 24.9. The Bertz CT molecular complexity index is 697. The number of anilines is 1. The van der Waals surface area contributed by atoms with Gasteiger partial charge in [0.25, 0.3) is 0 Å². The lowest BCUT2D eigenvalue weighted by atomic mass is 10.1. The highest BCUT2D eigenvalue weighted by Gasteiger charge is 2.39. The van der Waals surface area contributed by atoms with Gasteiger partial charge in [0, 0.05) is 25.3 Å². The Hall–Kier alpha value is -1.99. The van der Waals surface area contributed by atoms with Gasteiger partial charge in [-0.2, -0.15) is 5.10 Å². The van der Waals surface area contributed by atoms with Crippen molar-refractivity contribution in [3.63, 3.8) is 0 Å². The minimum absolute atomic E-state index is 0.270. The van der Waals surface area contributed by atoms with Gasteiger partial charge in [0.2, 0.25) is 0 Å². The summed E-state index contributed by atoms with van der Waals surface area (Å²) < 4.78 is 7.72. The fraction of sp³-hybridized carbons (Fsp3) is 0.562. The summed E-state index contributed by atoms with van der Waals surface area (Å²) in [6.45, 7) is 7.63. The van der Waals surface area contributed by atoms with E-state index in [1.165, 1.54) is 0 Å². The summed E-state index contributed by atoms with van der Waals surface area (Å²) in [5.41, 5.74) is 2.05. The molecule has 0 N–H and O–H groups in total. The highest BCUT2D eigenvalue weighted by Crippen LogP contribution is 2.25. The minimum atomic E-state index is 0.270. The molecule has 2 aromatic heterocycles. The van der Waals surface area contributed by atoms with Crippen LogP contribution in [0.15, 0.2) is 18.2 Å². The number of likely N-dealkylation sites (N-methyl/N-ethyl adjacent to an activating group) is 1. The third-order valence-electron chi connectivity index (χ3n) is 4.77. The first-order chi connectivity index (χ1) is 11.1. The number of ether oxygens (including phenoxy) is 1. The van der Waals surface area contributed by atoms with Crippen molar-refractivity contribution in [2.75, 3.05) is 38.2 Å². The second-order valence-corrected chi connectivity index (χ2v) is 6.45. The van der Waals surface area contributed by atoms with Gasteiger partial charge < -0.3 is 9.64 Å². The molecule has 0 bridgehead atoms. The highest BCUT2D eigenvalue weighted by atomic mass is 16.5. The molecule has 4 heterocycles. The summed E-state index contributed by atoms with van der Waals surface area (Å²) in [7, 11) is 2.17. The van der Waals surface area contributed by atoms with Crippen LogP contribution in [0.3, 0.4) is 0 Å². The van der Waals surface area contributed by atoms with Crippen LogP contribution in [0.5, 0.6) is 0 Å². The van der Waals surface area contributed by atoms with Crippen molar-refractivity contribution < 1.29 is 4.74 Å². The second kappa shape index (κ2) is 5.58. The quantitative estimate of drug-likeness (QED) is 0.817. The lowest BCUT2D eigenvalue weighted by Crippen LogP contribution is -2.48. The molecule has 2 unspecified atom stereocenters. The van der Waals surface area contributed by atoms with Gasteiger partial charge in [0.1, 0.15) is 0 Å². The monoisotopic (exact) mass is 314 g/mol. The molecule has 2 aliphatic heterocycles. The average Bonchev–Trinajstić information content (AvgIpc) is 3.12. The van der Waals surface area contributed by atoms with Crippen molar-refractivity contribution in [1.29, 1.82) is 0 Å². The van der Waals surface area contributed by atoms with Crippen molar-refractivity contribution in [3.8, 4) is 5.82 Å². The SMILES string of the molecule is Cc1cc(C)n(-c2ccc(N3CC4OCCN(C)C4C3)nn2)n1. The Morgan fingerprint density at radius 1 is 1.13 bits per heavy atom. The molecule has 0 saturated carbocycles. The van der Waals surface area contributed by atoms with Crippen LogP contribution in [0.1, 0.15) is 11.4 Å². The first kappa shape index (κ1) is 14.6. The summed E-state index contributed by atoms with van der Waals surface area (Å²) in [4.78, 5) is 4.64. The summed E-state index contributed by atoms with van der Waals surface area (Å²) >= 11 is 0. The number of rotatable bonds is 2. The van der Waals surface area contributed by atoms with Crippen molar-refractivity contribution >= 4 is 5.82 Å². The number of aryl methyl sites for hydroxylation is 2. The van der Waals surface area contributed by atoms with E-state index in [-0.39, 0.29) is 6.10 Å². The molecular formula is C16H22N6O. The first-order valence-electron chi connectivity index (χ1n) is 8.06. The van der Waals surface area contributed by atoms with Gasteiger partial charge in [0.05, 0.1) is 24.4 Å². The van der Waals surface area contributed by atoms with Crippen LogP contribution in [0.4, 0.5) is 5.82 Å². The lowest BCUT2D eigenvalue weighted by molar-refractivity contribution is -0.0362. The van der Waals surface area contributed by atoms with Gasteiger partial charge in [0.15, 0.2) is 11.6 Å². The molecule has 0 spiro atoms. The van der Waals surface area contributed by atoms with E-state index < -0.39 is 0 Å². The molecule has 2 fully saturated rings. The summed E-state index contributed by atoms with van der Waals surface area (Å²) in [6, 6.07) is 6.49. The van der Waals surface area contributed by atoms with Crippen LogP contribution in [-0.4, -0.2) is 70.3 Å². The van der Waals surface area contributed by atoms with Crippen molar-refractivity contribution in [1.82, 2.24) is 24.9 Å². The summed E-state index contributed by atoms with van der Waals surface area (Å²) in [5, 5.41) is 13.2. The van der Waals surface area contributed by atoms with E-state index in [9.17, 15) is 0 Å². The zero-order valence-electron chi connectivity index (χ0n) is 13.8. The maximum atomic E-state index is 5.89.